The molecule has 10 heteroatoms. The minimum absolute atomic E-state index is 0.0303. The summed E-state index contributed by atoms with van der Waals surface area (Å²) in [7, 11) is 1.62. The maximum Gasteiger partial charge on any atom is 0.223 e. The molecule has 0 bridgehead atoms. The second-order valence-electron chi connectivity index (χ2n) is 9.76. The number of benzene rings is 1. The third-order valence-corrected chi connectivity index (χ3v) is 7.46. The first-order chi connectivity index (χ1) is 16.4. The Labute approximate surface area is 197 Å². The summed E-state index contributed by atoms with van der Waals surface area (Å²) in [6.07, 6.45) is 8.83. The lowest BCUT2D eigenvalue weighted by molar-refractivity contribution is 0.0222. The van der Waals surface area contributed by atoms with E-state index in [1.165, 1.54) is 0 Å². The first-order valence-electron chi connectivity index (χ1n) is 11.9. The lowest BCUT2D eigenvalue weighted by Crippen LogP contribution is -2.35. The molecule has 178 valence electrons. The molecule has 0 radical (unpaired) electrons. The van der Waals surface area contributed by atoms with Crippen LogP contribution in [-0.2, 0) is 0 Å². The summed E-state index contributed by atoms with van der Waals surface area (Å²) in [4.78, 5) is 11.8. The molecule has 3 N–H and O–H groups in total. The zero-order valence-corrected chi connectivity index (χ0v) is 19.6. The van der Waals surface area contributed by atoms with E-state index >= 15 is 0 Å². The van der Waals surface area contributed by atoms with Crippen molar-refractivity contribution >= 4 is 28.2 Å². The van der Waals surface area contributed by atoms with Crippen molar-refractivity contribution in [3.05, 3.63) is 36.4 Å². The lowest BCUT2D eigenvalue weighted by atomic mass is 9.97. The SMILES string of the molecule is COc1cccc2c1nc(N)n1nc([C@@H]3CCCN(c4cnn(C5CCCC5(C)O)c4)C3)nc21. The molecule has 4 aromatic rings. The molecule has 1 aliphatic heterocycles. The number of para-hydroxylation sites is 1. The van der Waals surface area contributed by atoms with Gasteiger partial charge in [0.05, 0.1) is 30.6 Å². The number of nitrogens with two attached hydrogens (primary N) is 1. The van der Waals surface area contributed by atoms with E-state index in [4.69, 9.17) is 20.6 Å². The third-order valence-electron chi connectivity index (χ3n) is 7.46. The highest BCUT2D eigenvalue weighted by molar-refractivity contribution is 5.95. The normalized spacial score (nSPS) is 25.4. The molecule has 4 heterocycles. The smallest absolute Gasteiger partial charge is 0.223 e. The largest absolute Gasteiger partial charge is 0.494 e. The van der Waals surface area contributed by atoms with E-state index < -0.39 is 5.60 Å². The lowest BCUT2D eigenvalue weighted by Gasteiger charge is -2.32. The minimum Gasteiger partial charge on any atom is -0.494 e. The van der Waals surface area contributed by atoms with E-state index in [2.05, 4.69) is 21.2 Å². The number of aromatic nitrogens is 6. The summed E-state index contributed by atoms with van der Waals surface area (Å²) >= 11 is 0. The van der Waals surface area contributed by atoms with E-state index in [9.17, 15) is 5.11 Å². The van der Waals surface area contributed by atoms with E-state index in [-0.39, 0.29) is 12.0 Å². The molecular weight excluding hydrogens is 432 g/mol. The second-order valence-corrected chi connectivity index (χ2v) is 9.76. The minimum atomic E-state index is -0.701. The van der Waals surface area contributed by atoms with Crippen LogP contribution >= 0.6 is 0 Å². The second kappa shape index (κ2) is 7.83. The summed E-state index contributed by atoms with van der Waals surface area (Å²) in [6, 6.07) is 5.79. The van der Waals surface area contributed by atoms with Gasteiger partial charge in [-0.1, -0.05) is 6.07 Å². The van der Waals surface area contributed by atoms with Gasteiger partial charge in [0.15, 0.2) is 11.5 Å². The Morgan fingerprint density at radius 2 is 2.09 bits per heavy atom. The fourth-order valence-corrected chi connectivity index (χ4v) is 5.61. The van der Waals surface area contributed by atoms with Crippen LogP contribution in [0.15, 0.2) is 30.6 Å². The summed E-state index contributed by atoms with van der Waals surface area (Å²) in [5.74, 6) is 1.91. The van der Waals surface area contributed by atoms with E-state index in [0.29, 0.717) is 22.9 Å². The van der Waals surface area contributed by atoms with Gasteiger partial charge in [-0.15, -0.1) is 5.10 Å². The van der Waals surface area contributed by atoms with Crippen LogP contribution in [0.4, 0.5) is 11.6 Å². The average molecular weight is 463 g/mol. The maximum absolute atomic E-state index is 10.7. The van der Waals surface area contributed by atoms with Gasteiger partial charge in [-0.25, -0.2) is 9.97 Å². The molecule has 0 amide bonds. The predicted molar refractivity (Wildman–Crippen MR) is 129 cm³/mol. The van der Waals surface area contributed by atoms with Crippen molar-refractivity contribution in [2.24, 2.45) is 0 Å². The quantitative estimate of drug-likeness (QED) is 0.475. The molecule has 0 spiro atoms. The molecule has 1 saturated heterocycles. The van der Waals surface area contributed by atoms with Crippen molar-refractivity contribution in [2.45, 2.75) is 56.6 Å². The van der Waals surface area contributed by atoms with Gasteiger partial charge in [0.25, 0.3) is 0 Å². The van der Waals surface area contributed by atoms with Gasteiger partial charge in [0.2, 0.25) is 5.95 Å². The van der Waals surface area contributed by atoms with Crippen molar-refractivity contribution < 1.29 is 9.84 Å². The zero-order chi connectivity index (χ0) is 23.4. The highest BCUT2D eigenvalue weighted by Crippen LogP contribution is 2.39. The Balaban J connectivity index is 1.30. The molecule has 2 aliphatic rings. The molecule has 2 unspecified atom stereocenters. The number of hydrogen-bond acceptors (Lipinski definition) is 8. The number of aliphatic hydroxyl groups is 1. The van der Waals surface area contributed by atoms with Gasteiger partial charge in [0.1, 0.15) is 11.3 Å². The highest BCUT2D eigenvalue weighted by Gasteiger charge is 2.39. The van der Waals surface area contributed by atoms with Gasteiger partial charge in [-0.05, 0) is 51.2 Å². The number of hydrogen-bond donors (Lipinski definition) is 2. The van der Waals surface area contributed by atoms with Crippen molar-refractivity contribution in [1.29, 1.82) is 0 Å². The van der Waals surface area contributed by atoms with Gasteiger partial charge in [0, 0.05) is 30.6 Å². The number of ether oxygens (including phenoxy) is 1. The van der Waals surface area contributed by atoms with Crippen LogP contribution in [0.1, 0.15) is 56.8 Å². The Bertz CT molecular complexity index is 1360. The molecule has 2 fully saturated rings. The predicted octanol–water partition coefficient (Wildman–Crippen LogP) is 2.92. The summed E-state index contributed by atoms with van der Waals surface area (Å²) < 4.78 is 9.04. The van der Waals surface area contributed by atoms with Crippen molar-refractivity contribution in [1.82, 2.24) is 29.4 Å². The van der Waals surface area contributed by atoms with E-state index in [0.717, 1.165) is 62.1 Å². The average Bonchev–Trinajstić information content (AvgIpc) is 3.57. The van der Waals surface area contributed by atoms with E-state index in [1.54, 1.807) is 11.6 Å². The van der Waals surface area contributed by atoms with Gasteiger partial charge < -0.3 is 20.5 Å². The summed E-state index contributed by atoms with van der Waals surface area (Å²) in [5.41, 5.74) is 8.01. The Kier molecular flexibility index (Phi) is 4.87. The molecule has 1 aromatic carbocycles. The zero-order valence-electron chi connectivity index (χ0n) is 19.6. The van der Waals surface area contributed by atoms with Crippen molar-refractivity contribution in [3.8, 4) is 5.75 Å². The topological polar surface area (TPSA) is 120 Å². The standard InChI is InChI=1S/C24H30N8O2/c1-24(33)10-4-9-19(24)31-14-16(12-26-31)30-11-5-6-15(13-30)21-28-22-17-7-3-8-18(34-2)20(17)27-23(25)32(22)29-21/h3,7-8,12,14-15,19,33H,4-6,9-11,13H2,1-2H3,(H2,25,27)/t15-,19?,24?/m1/s1. The van der Waals surface area contributed by atoms with Crippen LogP contribution in [0.5, 0.6) is 5.75 Å². The Morgan fingerprint density at radius 3 is 2.88 bits per heavy atom. The first kappa shape index (κ1) is 21.2. The fraction of sp³-hybridized carbons (Fsp3) is 0.500. The van der Waals surface area contributed by atoms with Crippen LogP contribution < -0.4 is 15.4 Å². The number of anilines is 2. The van der Waals surface area contributed by atoms with Gasteiger partial charge in [-0.3, -0.25) is 4.68 Å². The third kappa shape index (κ3) is 3.35. The monoisotopic (exact) mass is 462 g/mol. The van der Waals surface area contributed by atoms with Crippen LogP contribution in [0, 0.1) is 0 Å². The molecule has 6 rings (SSSR count). The number of nitrogens with zero attached hydrogens (tertiary/aromatic N) is 7. The molecule has 3 atom stereocenters. The van der Waals surface area contributed by atoms with Crippen LogP contribution in [0.25, 0.3) is 16.6 Å². The van der Waals surface area contributed by atoms with Gasteiger partial charge >= 0.3 is 0 Å². The number of methoxy groups -OCH3 is 1. The number of fused-ring (bicyclic) bond motifs is 3. The number of nitrogen functional groups attached to an aromatic ring is 1. The molecule has 10 nitrogen and oxygen atoms in total. The molecule has 3 aromatic heterocycles. The molecule has 1 aliphatic carbocycles. The fourth-order valence-electron chi connectivity index (χ4n) is 5.61. The highest BCUT2D eigenvalue weighted by atomic mass is 16.5. The number of rotatable bonds is 4. The van der Waals surface area contributed by atoms with E-state index in [1.807, 2.05) is 36.0 Å². The maximum atomic E-state index is 10.7. The summed E-state index contributed by atoms with van der Waals surface area (Å²) in [6.45, 7) is 3.68. The summed E-state index contributed by atoms with van der Waals surface area (Å²) in [5, 5.41) is 20.9. The van der Waals surface area contributed by atoms with Crippen LogP contribution in [0.3, 0.4) is 0 Å². The molecular formula is C24H30N8O2. The van der Waals surface area contributed by atoms with Crippen molar-refractivity contribution in [2.75, 3.05) is 30.8 Å². The Morgan fingerprint density at radius 1 is 1.21 bits per heavy atom. The molecule has 1 saturated carbocycles. The van der Waals surface area contributed by atoms with Crippen molar-refractivity contribution in [3.63, 3.8) is 0 Å². The molecule has 34 heavy (non-hydrogen) atoms. The van der Waals surface area contributed by atoms with Gasteiger partial charge in [-0.2, -0.15) is 9.61 Å². The van der Waals surface area contributed by atoms with Crippen LogP contribution in [0.2, 0.25) is 0 Å². The Hall–Kier alpha value is -3.40. The number of piperidine rings is 1. The first-order valence-corrected chi connectivity index (χ1v) is 11.9. The van der Waals surface area contributed by atoms with Crippen LogP contribution in [-0.4, -0.2) is 60.3 Å².